The summed E-state index contributed by atoms with van der Waals surface area (Å²) in [5.74, 6) is -0.765. The number of morpholine rings is 1. The van der Waals surface area contributed by atoms with Gasteiger partial charge in [0.15, 0.2) is 0 Å². The average Bonchev–Trinajstić information content (AvgIpc) is 2.61. The maximum atomic E-state index is 12.4. The zero-order valence-electron chi connectivity index (χ0n) is 13.7. The van der Waals surface area contributed by atoms with E-state index in [9.17, 15) is 14.4 Å². The zero-order valence-corrected chi connectivity index (χ0v) is 13.7. The number of benzene rings is 1. The van der Waals surface area contributed by atoms with Crippen LogP contribution in [0.4, 0.5) is 5.69 Å². The second-order valence-electron chi connectivity index (χ2n) is 5.43. The van der Waals surface area contributed by atoms with Crippen molar-refractivity contribution in [2.24, 2.45) is 0 Å². The summed E-state index contributed by atoms with van der Waals surface area (Å²) in [6.45, 7) is 5.47. The van der Waals surface area contributed by atoms with Crippen LogP contribution >= 0.6 is 0 Å². The van der Waals surface area contributed by atoms with Crippen LogP contribution in [0.5, 0.6) is 0 Å². The number of nitrogens with one attached hydrogen (secondary N) is 1. The molecular formula is C17H21N3O4. The summed E-state index contributed by atoms with van der Waals surface area (Å²) in [4.78, 5) is 38.8. The quantitative estimate of drug-likeness (QED) is 0.807. The van der Waals surface area contributed by atoms with Crippen LogP contribution in [0.2, 0.25) is 0 Å². The van der Waals surface area contributed by atoms with Crippen LogP contribution in [-0.2, 0) is 14.3 Å². The molecule has 1 N–H and O–H groups in total. The van der Waals surface area contributed by atoms with E-state index in [1.54, 1.807) is 29.2 Å². The lowest BCUT2D eigenvalue weighted by Crippen LogP contribution is -2.40. The highest BCUT2D eigenvalue weighted by atomic mass is 16.5. The first-order valence-corrected chi connectivity index (χ1v) is 7.65. The van der Waals surface area contributed by atoms with Gasteiger partial charge in [-0.2, -0.15) is 0 Å². The summed E-state index contributed by atoms with van der Waals surface area (Å²) in [5, 5.41) is 2.69. The van der Waals surface area contributed by atoms with Crippen molar-refractivity contribution in [3.8, 4) is 0 Å². The van der Waals surface area contributed by atoms with Crippen molar-refractivity contribution in [1.82, 2.24) is 9.80 Å². The molecule has 1 heterocycles. The van der Waals surface area contributed by atoms with Gasteiger partial charge in [0.25, 0.3) is 5.91 Å². The number of nitrogens with zero attached hydrogens (tertiary/aromatic N) is 2. The summed E-state index contributed by atoms with van der Waals surface area (Å²) in [5.41, 5.74) is 1.02. The lowest BCUT2D eigenvalue weighted by Gasteiger charge is -2.27. The van der Waals surface area contributed by atoms with Crippen molar-refractivity contribution in [3.63, 3.8) is 0 Å². The largest absolute Gasteiger partial charge is 0.378 e. The molecule has 0 atom stereocenters. The number of ether oxygens (including phenoxy) is 1. The second-order valence-corrected chi connectivity index (χ2v) is 5.43. The highest BCUT2D eigenvalue weighted by Gasteiger charge is 2.19. The Hall–Kier alpha value is -2.67. The number of amides is 3. The van der Waals surface area contributed by atoms with Crippen molar-refractivity contribution >= 4 is 23.4 Å². The van der Waals surface area contributed by atoms with E-state index in [1.807, 2.05) is 0 Å². The molecule has 128 valence electrons. The standard InChI is InChI=1S/C17H21N3O4/c1-3-16(22)19(2)12-15(21)18-14-6-4-5-13(11-14)17(23)20-7-9-24-10-8-20/h3-6,11H,1,7-10,12H2,2H3,(H,18,21). The third-order valence-electron chi connectivity index (χ3n) is 3.62. The fourth-order valence-electron chi connectivity index (χ4n) is 2.33. The van der Waals surface area contributed by atoms with Crippen molar-refractivity contribution in [3.05, 3.63) is 42.5 Å². The van der Waals surface area contributed by atoms with Crippen molar-refractivity contribution in [1.29, 1.82) is 0 Å². The van der Waals surface area contributed by atoms with Crippen LogP contribution in [-0.4, -0.2) is 67.4 Å². The maximum absolute atomic E-state index is 12.4. The predicted octanol–water partition coefficient (Wildman–Crippen LogP) is 0.742. The van der Waals surface area contributed by atoms with Gasteiger partial charge in [0.05, 0.1) is 19.8 Å². The molecule has 0 bridgehead atoms. The van der Waals surface area contributed by atoms with Crippen LogP contribution in [0.25, 0.3) is 0 Å². The molecule has 1 aromatic rings. The fourth-order valence-corrected chi connectivity index (χ4v) is 2.33. The Morgan fingerprint density at radius 2 is 2.04 bits per heavy atom. The summed E-state index contributed by atoms with van der Waals surface area (Å²) in [6, 6.07) is 6.75. The number of carbonyl (C=O) groups excluding carboxylic acids is 3. The van der Waals surface area contributed by atoms with E-state index in [0.717, 1.165) is 6.08 Å². The van der Waals surface area contributed by atoms with Crippen molar-refractivity contribution in [2.75, 3.05) is 45.2 Å². The van der Waals surface area contributed by atoms with Gasteiger partial charge < -0.3 is 19.9 Å². The molecule has 3 amide bonds. The SMILES string of the molecule is C=CC(=O)N(C)CC(=O)Nc1cccc(C(=O)N2CCOCC2)c1. The molecule has 0 saturated carbocycles. The Morgan fingerprint density at radius 3 is 2.71 bits per heavy atom. The van der Waals surface area contributed by atoms with Crippen LogP contribution in [0, 0.1) is 0 Å². The molecule has 0 unspecified atom stereocenters. The van der Waals surface area contributed by atoms with Gasteiger partial charge in [0, 0.05) is 31.4 Å². The maximum Gasteiger partial charge on any atom is 0.254 e. The molecule has 0 radical (unpaired) electrons. The molecule has 1 aromatic carbocycles. The van der Waals surface area contributed by atoms with Crippen molar-refractivity contribution in [2.45, 2.75) is 0 Å². The first kappa shape index (κ1) is 17.7. The van der Waals surface area contributed by atoms with Crippen LogP contribution in [0.3, 0.4) is 0 Å². The summed E-state index contributed by atoms with van der Waals surface area (Å²) < 4.78 is 5.24. The van der Waals surface area contributed by atoms with E-state index in [4.69, 9.17) is 4.74 Å². The smallest absolute Gasteiger partial charge is 0.254 e. The molecule has 0 spiro atoms. The minimum Gasteiger partial charge on any atom is -0.378 e. The number of hydrogen-bond acceptors (Lipinski definition) is 4. The molecule has 7 nitrogen and oxygen atoms in total. The Morgan fingerprint density at radius 1 is 1.33 bits per heavy atom. The van der Waals surface area contributed by atoms with Crippen LogP contribution in [0.1, 0.15) is 10.4 Å². The van der Waals surface area contributed by atoms with E-state index >= 15 is 0 Å². The third kappa shape index (κ3) is 4.66. The van der Waals surface area contributed by atoms with E-state index in [1.165, 1.54) is 11.9 Å². The molecule has 24 heavy (non-hydrogen) atoms. The Kier molecular flexibility index (Phi) is 6.08. The van der Waals surface area contributed by atoms with E-state index in [-0.39, 0.29) is 24.3 Å². The van der Waals surface area contributed by atoms with Gasteiger partial charge in [-0.05, 0) is 24.3 Å². The number of anilines is 1. The molecule has 0 aliphatic carbocycles. The summed E-state index contributed by atoms with van der Waals surface area (Å²) in [7, 11) is 1.52. The predicted molar refractivity (Wildman–Crippen MR) is 89.6 cm³/mol. The van der Waals surface area contributed by atoms with E-state index in [0.29, 0.717) is 37.6 Å². The van der Waals surface area contributed by atoms with Gasteiger partial charge in [0.1, 0.15) is 0 Å². The fraction of sp³-hybridized carbons (Fsp3) is 0.353. The Bertz CT molecular complexity index is 638. The zero-order chi connectivity index (χ0) is 17.5. The molecule has 7 heteroatoms. The minimum atomic E-state index is -0.344. The van der Waals surface area contributed by atoms with Gasteiger partial charge in [-0.25, -0.2) is 0 Å². The first-order chi connectivity index (χ1) is 11.5. The monoisotopic (exact) mass is 331 g/mol. The molecule has 1 aliphatic heterocycles. The van der Waals surface area contributed by atoms with E-state index in [2.05, 4.69) is 11.9 Å². The molecule has 1 aliphatic rings. The second kappa shape index (κ2) is 8.26. The molecule has 2 rings (SSSR count). The van der Waals surface area contributed by atoms with Crippen molar-refractivity contribution < 1.29 is 19.1 Å². The number of hydrogen-bond donors (Lipinski definition) is 1. The Labute approximate surface area is 140 Å². The Balaban J connectivity index is 1.99. The molecule has 1 fully saturated rings. The lowest BCUT2D eigenvalue weighted by atomic mass is 10.1. The first-order valence-electron chi connectivity index (χ1n) is 7.65. The summed E-state index contributed by atoms with van der Waals surface area (Å²) in [6.07, 6.45) is 1.15. The van der Waals surface area contributed by atoms with E-state index < -0.39 is 0 Å². The molecular weight excluding hydrogens is 310 g/mol. The lowest BCUT2D eigenvalue weighted by molar-refractivity contribution is -0.129. The van der Waals surface area contributed by atoms with Crippen LogP contribution in [0.15, 0.2) is 36.9 Å². The van der Waals surface area contributed by atoms with Crippen LogP contribution < -0.4 is 5.32 Å². The molecule has 1 saturated heterocycles. The molecule has 0 aromatic heterocycles. The van der Waals surface area contributed by atoms with Gasteiger partial charge in [-0.1, -0.05) is 12.6 Å². The van der Waals surface area contributed by atoms with Gasteiger partial charge in [-0.3, -0.25) is 14.4 Å². The topological polar surface area (TPSA) is 79.0 Å². The third-order valence-corrected chi connectivity index (χ3v) is 3.62. The van der Waals surface area contributed by atoms with Gasteiger partial charge >= 0.3 is 0 Å². The number of likely N-dealkylation sites (N-methyl/N-ethyl adjacent to an activating group) is 1. The van der Waals surface area contributed by atoms with Gasteiger partial charge in [0.2, 0.25) is 11.8 Å². The average molecular weight is 331 g/mol. The number of rotatable bonds is 5. The van der Waals surface area contributed by atoms with Gasteiger partial charge in [-0.15, -0.1) is 0 Å². The number of carbonyl (C=O) groups is 3. The highest BCUT2D eigenvalue weighted by molar-refractivity contribution is 5.99. The highest BCUT2D eigenvalue weighted by Crippen LogP contribution is 2.14. The summed E-state index contributed by atoms with van der Waals surface area (Å²) >= 11 is 0. The minimum absolute atomic E-state index is 0.0895. The normalized spacial score (nSPS) is 14.0.